The average Bonchev–Trinajstić information content (AvgIpc) is 2.08. The Morgan fingerprint density at radius 3 is 3.00 bits per heavy atom. The van der Waals surface area contributed by atoms with Crippen LogP contribution in [0.1, 0.15) is 46.0 Å². The minimum atomic E-state index is 0.348. The zero-order valence-electron chi connectivity index (χ0n) is 8.60. The summed E-state index contributed by atoms with van der Waals surface area (Å²) < 4.78 is 0. The van der Waals surface area contributed by atoms with Gasteiger partial charge in [-0.1, -0.05) is 25.8 Å². The number of ketones is 1. The van der Waals surface area contributed by atoms with Crippen molar-refractivity contribution in [3.05, 3.63) is 11.6 Å². The van der Waals surface area contributed by atoms with Gasteiger partial charge in [0.25, 0.3) is 0 Å². The van der Waals surface area contributed by atoms with Gasteiger partial charge in [-0.2, -0.15) is 0 Å². The van der Waals surface area contributed by atoms with Crippen LogP contribution < -0.4 is 0 Å². The van der Waals surface area contributed by atoms with Crippen molar-refractivity contribution in [2.75, 3.05) is 0 Å². The molecule has 0 heterocycles. The van der Waals surface area contributed by atoms with Gasteiger partial charge in [0.2, 0.25) is 0 Å². The van der Waals surface area contributed by atoms with E-state index in [1.807, 2.05) is 6.08 Å². The maximum atomic E-state index is 11.3. The Hall–Kier alpha value is -0.590. The number of hydrogen-bond acceptors (Lipinski definition) is 1. The molecule has 72 valence electrons. The van der Waals surface area contributed by atoms with Crippen molar-refractivity contribution < 1.29 is 4.79 Å². The summed E-state index contributed by atoms with van der Waals surface area (Å²) in [5.41, 5.74) is 1.81. The van der Waals surface area contributed by atoms with Crippen molar-refractivity contribution in [3.63, 3.8) is 0 Å². The van der Waals surface area contributed by atoms with E-state index in [1.165, 1.54) is 24.8 Å². The maximum Gasteiger partial charge on any atom is 0.155 e. The molecule has 0 N–H and O–H groups in total. The topological polar surface area (TPSA) is 17.1 Å². The molecule has 1 fully saturated rings. The van der Waals surface area contributed by atoms with Gasteiger partial charge < -0.3 is 0 Å². The van der Waals surface area contributed by atoms with Crippen molar-refractivity contribution in [1.29, 1.82) is 0 Å². The fourth-order valence-electron chi connectivity index (χ4n) is 2.92. The van der Waals surface area contributed by atoms with Crippen LogP contribution in [0.25, 0.3) is 0 Å². The Balaban J connectivity index is 2.34. The molecular formula is C12H18O. The normalized spacial score (nSPS) is 39.7. The van der Waals surface area contributed by atoms with Gasteiger partial charge in [-0.25, -0.2) is 0 Å². The minimum Gasteiger partial charge on any atom is -0.295 e. The van der Waals surface area contributed by atoms with E-state index in [-0.39, 0.29) is 0 Å². The highest BCUT2D eigenvalue weighted by Gasteiger charge is 2.37. The van der Waals surface area contributed by atoms with Crippen LogP contribution in [0.3, 0.4) is 0 Å². The second-order valence-electron chi connectivity index (χ2n) is 4.92. The van der Waals surface area contributed by atoms with Crippen LogP contribution in [-0.2, 0) is 4.79 Å². The zero-order valence-corrected chi connectivity index (χ0v) is 8.60. The fourth-order valence-corrected chi connectivity index (χ4v) is 2.92. The molecular weight excluding hydrogens is 160 g/mol. The molecule has 2 rings (SSSR count). The van der Waals surface area contributed by atoms with E-state index in [0.29, 0.717) is 17.1 Å². The van der Waals surface area contributed by atoms with Crippen molar-refractivity contribution in [2.45, 2.75) is 46.0 Å². The second kappa shape index (κ2) is 2.97. The molecule has 1 heteroatoms. The highest BCUT2D eigenvalue weighted by Crippen LogP contribution is 2.48. The van der Waals surface area contributed by atoms with Crippen LogP contribution in [0, 0.1) is 11.3 Å². The predicted octanol–water partition coefficient (Wildman–Crippen LogP) is 3.10. The molecule has 1 saturated carbocycles. The van der Waals surface area contributed by atoms with Gasteiger partial charge in [-0.3, -0.25) is 4.79 Å². The first-order chi connectivity index (χ1) is 6.12. The quantitative estimate of drug-likeness (QED) is 0.557. The van der Waals surface area contributed by atoms with E-state index in [1.54, 1.807) is 0 Å². The van der Waals surface area contributed by atoms with Crippen molar-refractivity contribution in [2.24, 2.45) is 11.3 Å². The van der Waals surface area contributed by atoms with E-state index in [4.69, 9.17) is 0 Å². The third kappa shape index (κ3) is 1.45. The summed E-state index contributed by atoms with van der Waals surface area (Å²) in [5, 5.41) is 0. The highest BCUT2D eigenvalue weighted by molar-refractivity contribution is 5.91. The van der Waals surface area contributed by atoms with Crippen molar-refractivity contribution >= 4 is 5.78 Å². The standard InChI is InChI=1S/C12H18O/c1-9-4-3-6-12(2)7-5-10(13)8-11(9)12/h8-9H,3-7H2,1-2H3/t9-,12?/m0/s1. The lowest BCUT2D eigenvalue weighted by atomic mass is 9.62. The van der Waals surface area contributed by atoms with E-state index in [0.717, 1.165) is 12.8 Å². The van der Waals surface area contributed by atoms with E-state index < -0.39 is 0 Å². The molecule has 0 spiro atoms. The van der Waals surface area contributed by atoms with Crippen molar-refractivity contribution in [1.82, 2.24) is 0 Å². The molecule has 1 unspecified atom stereocenters. The average molecular weight is 178 g/mol. The Kier molecular flexibility index (Phi) is 2.05. The van der Waals surface area contributed by atoms with Crippen LogP contribution in [0.15, 0.2) is 11.6 Å². The summed E-state index contributed by atoms with van der Waals surface area (Å²) in [4.78, 5) is 11.3. The number of carbonyl (C=O) groups excluding carboxylic acids is 1. The van der Waals surface area contributed by atoms with E-state index in [9.17, 15) is 4.79 Å². The fraction of sp³-hybridized carbons (Fsp3) is 0.750. The molecule has 0 aliphatic heterocycles. The monoisotopic (exact) mass is 178 g/mol. The number of fused-ring (bicyclic) bond motifs is 1. The summed E-state index contributed by atoms with van der Waals surface area (Å²) in [7, 11) is 0. The molecule has 2 aliphatic rings. The van der Waals surface area contributed by atoms with Crippen LogP contribution in [0.5, 0.6) is 0 Å². The molecule has 0 aromatic heterocycles. The summed E-state index contributed by atoms with van der Waals surface area (Å²) >= 11 is 0. The summed E-state index contributed by atoms with van der Waals surface area (Å²) in [6.45, 7) is 4.60. The lowest BCUT2D eigenvalue weighted by molar-refractivity contribution is -0.116. The Morgan fingerprint density at radius 2 is 2.23 bits per heavy atom. The highest BCUT2D eigenvalue weighted by atomic mass is 16.1. The SMILES string of the molecule is C[C@H]1CCCC2(C)CCC(=O)C=C12. The molecule has 1 nitrogen and oxygen atoms in total. The van der Waals surface area contributed by atoms with Crippen molar-refractivity contribution in [3.8, 4) is 0 Å². The molecule has 0 saturated heterocycles. The smallest absolute Gasteiger partial charge is 0.155 e. The Labute approximate surface area is 80.2 Å². The molecule has 2 aliphatic carbocycles. The van der Waals surface area contributed by atoms with Gasteiger partial charge in [0.05, 0.1) is 0 Å². The number of hydrogen-bond donors (Lipinski definition) is 0. The zero-order chi connectivity index (χ0) is 9.47. The largest absolute Gasteiger partial charge is 0.295 e. The Morgan fingerprint density at radius 1 is 1.46 bits per heavy atom. The third-order valence-electron chi connectivity index (χ3n) is 3.83. The third-order valence-corrected chi connectivity index (χ3v) is 3.83. The molecule has 0 aromatic rings. The molecule has 0 aromatic carbocycles. The molecule has 0 bridgehead atoms. The van der Waals surface area contributed by atoms with E-state index >= 15 is 0 Å². The number of allylic oxidation sites excluding steroid dienone is 2. The number of carbonyl (C=O) groups is 1. The van der Waals surface area contributed by atoms with Gasteiger partial charge in [-0.15, -0.1) is 0 Å². The maximum absolute atomic E-state index is 11.3. The van der Waals surface area contributed by atoms with Crippen LogP contribution >= 0.6 is 0 Å². The van der Waals surface area contributed by atoms with Gasteiger partial charge in [0, 0.05) is 6.42 Å². The lowest BCUT2D eigenvalue weighted by Crippen LogP contribution is -2.32. The molecule has 2 atom stereocenters. The van der Waals surface area contributed by atoms with Gasteiger partial charge in [0.1, 0.15) is 0 Å². The molecule has 0 radical (unpaired) electrons. The van der Waals surface area contributed by atoms with Crippen LogP contribution in [0.4, 0.5) is 0 Å². The molecule has 13 heavy (non-hydrogen) atoms. The van der Waals surface area contributed by atoms with Crippen LogP contribution in [-0.4, -0.2) is 5.78 Å². The first kappa shape index (κ1) is 8.98. The first-order valence-corrected chi connectivity index (χ1v) is 5.37. The van der Waals surface area contributed by atoms with E-state index in [2.05, 4.69) is 13.8 Å². The second-order valence-corrected chi connectivity index (χ2v) is 4.92. The van der Waals surface area contributed by atoms with Gasteiger partial charge in [0.15, 0.2) is 5.78 Å². The minimum absolute atomic E-state index is 0.348. The first-order valence-electron chi connectivity index (χ1n) is 5.37. The van der Waals surface area contributed by atoms with Gasteiger partial charge >= 0.3 is 0 Å². The molecule has 0 amide bonds. The van der Waals surface area contributed by atoms with Crippen LogP contribution in [0.2, 0.25) is 0 Å². The summed E-state index contributed by atoms with van der Waals surface area (Å²) in [6, 6.07) is 0. The predicted molar refractivity (Wildman–Crippen MR) is 53.4 cm³/mol. The number of rotatable bonds is 0. The summed E-state index contributed by atoms with van der Waals surface area (Å²) in [5.74, 6) is 0.990. The lowest BCUT2D eigenvalue weighted by Gasteiger charge is -2.42. The Bertz CT molecular complexity index is 264. The summed E-state index contributed by atoms with van der Waals surface area (Å²) in [6.07, 6.45) is 7.69. The van der Waals surface area contributed by atoms with Gasteiger partial charge in [-0.05, 0) is 36.7 Å².